The van der Waals surface area contributed by atoms with Gasteiger partial charge in [0.2, 0.25) is 0 Å². The summed E-state index contributed by atoms with van der Waals surface area (Å²) in [6.45, 7) is 5.54. The third kappa shape index (κ3) is 2.45. The minimum atomic E-state index is -0.143. The molecule has 102 valence electrons. The standard InChI is InChI=1S/C15H21N3O/c1-3-15(6-7-15)9-16-10(2)11-4-5-12-13(8-11)18-14(19)17-12/h4-5,8,10,16H,3,6-7,9H2,1-2H3,(H2,17,18,19). The van der Waals surface area contributed by atoms with E-state index in [0.29, 0.717) is 11.5 Å². The van der Waals surface area contributed by atoms with E-state index in [1.807, 2.05) is 6.07 Å². The average molecular weight is 259 g/mol. The molecule has 4 nitrogen and oxygen atoms in total. The quantitative estimate of drug-likeness (QED) is 0.773. The van der Waals surface area contributed by atoms with Crippen molar-refractivity contribution in [3.05, 3.63) is 34.2 Å². The summed E-state index contributed by atoms with van der Waals surface area (Å²) in [6.07, 6.45) is 3.97. The molecule has 1 heterocycles. The van der Waals surface area contributed by atoms with Gasteiger partial charge in [0.1, 0.15) is 0 Å². The lowest BCUT2D eigenvalue weighted by molar-refractivity contribution is 0.415. The Labute approximate surface area is 112 Å². The molecule has 4 heteroatoms. The molecule has 3 N–H and O–H groups in total. The highest BCUT2D eigenvalue weighted by Gasteiger charge is 2.40. The number of hydrogen-bond donors (Lipinski definition) is 3. The first kappa shape index (κ1) is 12.5. The van der Waals surface area contributed by atoms with Gasteiger partial charge in [0, 0.05) is 12.6 Å². The van der Waals surface area contributed by atoms with Crippen molar-refractivity contribution in [2.75, 3.05) is 6.54 Å². The normalized spacial score (nSPS) is 18.6. The fourth-order valence-corrected chi connectivity index (χ4v) is 2.64. The van der Waals surface area contributed by atoms with Crippen LogP contribution in [0.5, 0.6) is 0 Å². The molecule has 0 radical (unpaired) electrons. The van der Waals surface area contributed by atoms with Crippen LogP contribution in [0.15, 0.2) is 23.0 Å². The maximum absolute atomic E-state index is 11.2. The summed E-state index contributed by atoms with van der Waals surface area (Å²) in [4.78, 5) is 16.8. The fourth-order valence-electron chi connectivity index (χ4n) is 2.64. The summed E-state index contributed by atoms with van der Waals surface area (Å²) in [6, 6.07) is 6.41. The third-order valence-electron chi connectivity index (χ3n) is 4.53. The van der Waals surface area contributed by atoms with Crippen molar-refractivity contribution in [2.45, 2.75) is 39.2 Å². The first-order valence-electron chi connectivity index (χ1n) is 7.07. The summed E-state index contributed by atoms with van der Waals surface area (Å²) in [5, 5.41) is 3.62. The molecule has 3 rings (SSSR count). The second-order valence-electron chi connectivity index (χ2n) is 5.84. The van der Waals surface area contributed by atoms with E-state index in [1.54, 1.807) is 0 Å². The van der Waals surface area contributed by atoms with Crippen LogP contribution in [-0.2, 0) is 0 Å². The molecule has 0 bridgehead atoms. The minimum Gasteiger partial charge on any atom is -0.310 e. The van der Waals surface area contributed by atoms with Crippen molar-refractivity contribution in [3.8, 4) is 0 Å². The molecule has 1 fully saturated rings. The van der Waals surface area contributed by atoms with Gasteiger partial charge in [-0.3, -0.25) is 0 Å². The van der Waals surface area contributed by atoms with E-state index in [9.17, 15) is 4.79 Å². The third-order valence-corrected chi connectivity index (χ3v) is 4.53. The van der Waals surface area contributed by atoms with Crippen molar-refractivity contribution < 1.29 is 0 Å². The molecule has 1 atom stereocenters. The first-order chi connectivity index (χ1) is 9.12. The van der Waals surface area contributed by atoms with Crippen LogP contribution in [0.3, 0.4) is 0 Å². The number of nitrogens with one attached hydrogen (secondary N) is 3. The van der Waals surface area contributed by atoms with Crippen LogP contribution in [0, 0.1) is 5.41 Å². The predicted octanol–water partition coefficient (Wildman–Crippen LogP) is 2.70. The van der Waals surface area contributed by atoms with E-state index >= 15 is 0 Å². The van der Waals surface area contributed by atoms with E-state index < -0.39 is 0 Å². The molecule has 0 saturated heterocycles. The van der Waals surface area contributed by atoms with Gasteiger partial charge >= 0.3 is 5.69 Å². The number of hydrogen-bond acceptors (Lipinski definition) is 2. The Hall–Kier alpha value is -1.55. The monoisotopic (exact) mass is 259 g/mol. The molecule has 1 saturated carbocycles. The van der Waals surface area contributed by atoms with Crippen LogP contribution < -0.4 is 11.0 Å². The van der Waals surface area contributed by atoms with Crippen LogP contribution in [-0.4, -0.2) is 16.5 Å². The van der Waals surface area contributed by atoms with Crippen molar-refractivity contribution in [1.82, 2.24) is 15.3 Å². The number of imidazole rings is 1. The summed E-state index contributed by atoms with van der Waals surface area (Å²) < 4.78 is 0. The Morgan fingerprint density at radius 1 is 1.32 bits per heavy atom. The van der Waals surface area contributed by atoms with Gasteiger partial charge in [-0.05, 0) is 49.3 Å². The zero-order chi connectivity index (χ0) is 13.5. The zero-order valence-corrected chi connectivity index (χ0v) is 11.5. The summed E-state index contributed by atoms with van der Waals surface area (Å²) in [5.74, 6) is 0. The maximum atomic E-state index is 11.2. The lowest BCUT2D eigenvalue weighted by atomic mass is 10.0. The smallest absolute Gasteiger partial charge is 0.310 e. The van der Waals surface area contributed by atoms with Gasteiger partial charge in [-0.25, -0.2) is 4.79 Å². The lowest BCUT2D eigenvalue weighted by Gasteiger charge is -2.19. The van der Waals surface area contributed by atoms with Crippen molar-refractivity contribution in [1.29, 1.82) is 0 Å². The van der Waals surface area contributed by atoms with Crippen molar-refractivity contribution in [2.24, 2.45) is 5.41 Å². The molecular formula is C15H21N3O. The van der Waals surface area contributed by atoms with E-state index in [4.69, 9.17) is 0 Å². The van der Waals surface area contributed by atoms with E-state index in [2.05, 4.69) is 41.3 Å². The fraction of sp³-hybridized carbons (Fsp3) is 0.533. The average Bonchev–Trinajstić information content (AvgIpc) is 3.10. The summed E-state index contributed by atoms with van der Waals surface area (Å²) in [5.41, 5.74) is 3.38. The molecule has 1 aromatic heterocycles. The Bertz CT molecular complexity index is 636. The number of H-pyrrole nitrogens is 2. The molecule has 1 aliphatic carbocycles. The van der Waals surface area contributed by atoms with Gasteiger partial charge in [-0.15, -0.1) is 0 Å². The Kier molecular flexibility index (Phi) is 2.97. The lowest BCUT2D eigenvalue weighted by Crippen LogP contribution is -2.26. The zero-order valence-electron chi connectivity index (χ0n) is 11.5. The molecule has 2 aromatic rings. The molecule has 1 aliphatic rings. The Morgan fingerprint density at radius 2 is 2.05 bits per heavy atom. The number of aromatic amines is 2. The first-order valence-corrected chi connectivity index (χ1v) is 7.07. The van der Waals surface area contributed by atoms with E-state index in [0.717, 1.165) is 17.6 Å². The van der Waals surface area contributed by atoms with E-state index in [1.165, 1.54) is 24.8 Å². The molecule has 1 unspecified atom stereocenters. The number of rotatable bonds is 5. The Balaban J connectivity index is 1.73. The SMILES string of the molecule is CCC1(CNC(C)c2ccc3[nH]c(=O)[nH]c3c2)CC1. The second kappa shape index (κ2) is 4.53. The van der Waals surface area contributed by atoms with Gasteiger partial charge in [0.15, 0.2) is 0 Å². The second-order valence-corrected chi connectivity index (χ2v) is 5.84. The van der Waals surface area contributed by atoms with Crippen LogP contribution in [0.2, 0.25) is 0 Å². The number of benzene rings is 1. The van der Waals surface area contributed by atoms with Crippen LogP contribution in [0.25, 0.3) is 11.0 Å². The summed E-state index contributed by atoms with van der Waals surface area (Å²) >= 11 is 0. The van der Waals surface area contributed by atoms with Gasteiger partial charge in [0.05, 0.1) is 11.0 Å². The van der Waals surface area contributed by atoms with Crippen LogP contribution in [0.1, 0.15) is 44.7 Å². The molecule has 0 aliphatic heterocycles. The number of aromatic nitrogens is 2. The Morgan fingerprint density at radius 3 is 2.74 bits per heavy atom. The van der Waals surface area contributed by atoms with E-state index in [-0.39, 0.29) is 5.69 Å². The van der Waals surface area contributed by atoms with Gasteiger partial charge in [-0.2, -0.15) is 0 Å². The van der Waals surface area contributed by atoms with Gasteiger partial charge in [-0.1, -0.05) is 13.0 Å². The van der Waals surface area contributed by atoms with Crippen molar-refractivity contribution >= 4 is 11.0 Å². The topological polar surface area (TPSA) is 60.7 Å². The molecule has 19 heavy (non-hydrogen) atoms. The largest absolute Gasteiger partial charge is 0.323 e. The van der Waals surface area contributed by atoms with Gasteiger partial charge < -0.3 is 15.3 Å². The highest BCUT2D eigenvalue weighted by Crippen LogP contribution is 2.48. The molecule has 1 aromatic carbocycles. The van der Waals surface area contributed by atoms with Crippen LogP contribution in [0.4, 0.5) is 0 Å². The van der Waals surface area contributed by atoms with Gasteiger partial charge in [0.25, 0.3) is 0 Å². The van der Waals surface area contributed by atoms with Crippen LogP contribution >= 0.6 is 0 Å². The predicted molar refractivity (Wildman–Crippen MR) is 77.3 cm³/mol. The molecule has 0 amide bonds. The number of fused-ring (bicyclic) bond motifs is 1. The highest BCUT2D eigenvalue weighted by molar-refractivity contribution is 5.75. The highest BCUT2D eigenvalue weighted by atomic mass is 16.1. The molecule has 0 spiro atoms. The minimum absolute atomic E-state index is 0.143. The summed E-state index contributed by atoms with van der Waals surface area (Å²) in [7, 11) is 0. The van der Waals surface area contributed by atoms with Crippen molar-refractivity contribution in [3.63, 3.8) is 0 Å². The molecular weight excluding hydrogens is 238 g/mol. The maximum Gasteiger partial charge on any atom is 0.323 e.